The number of alkyl halides is 13. The van der Waals surface area contributed by atoms with Crippen molar-refractivity contribution in [1.82, 2.24) is 0 Å². The van der Waals surface area contributed by atoms with Crippen LogP contribution in [0.4, 0.5) is 57.1 Å². The monoisotopic (exact) mass is 432 g/mol. The quantitative estimate of drug-likeness (QED) is 0.250. The van der Waals surface area contributed by atoms with Gasteiger partial charge in [-0.15, -0.1) is 0 Å². The molecular formula is C14H17F13. The van der Waals surface area contributed by atoms with Gasteiger partial charge in [-0.2, -0.15) is 57.1 Å². The molecule has 0 saturated carbocycles. The van der Waals surface area contributed by atoms with Crippen LogP contribution in [0.1, 0.15) is 46.0 Å². The Bertz CT molecular complexity index is 478. The average Bonchev–Trinajstić information content (AvgIpc) is 2.44. The summed E-state index contributed by atoms with van der Waals surface area (Å²) in [6.45, 7) is 2.59. The molecule has 1 unspecified atom stereocenters. The summed E-state index contributed by atoms with van der Waals surface area (Å²) in [5.41, 5.74) is 0. The van der Waals surface area contributed by atoms with E-state index < -0.39 is 48.1 Å². The van der Waals surface area contributed by atoms with Crippen LogP contribution in [0.25, 0.3) is 0 Å². The lowest BCUT2D eigenvalue weighted by Gasteiger charge is -2.40. The first-order valence-electron chi connectivity index (χ1n) is 7.66. The molecule has 0 N–H and O–H groups in total. The van der Waals surface area contributed by atoms with Gasteiger partial charge in [0.1, 0.15) is 0 Å². The summed E-state index contributed by atoms with van der Waals surface area (Å²) in [5.74, 6) is -37.7. The molecule has 0 nitrogen and oxygen atoms in total. The number of rotatable bonds is 10. The van der Waals surface area contributed by atoms with Crippen molar-refractivity contribution in [3.63, 3.8) is 0 Å². The van der Waals surface area contributed by atoms with Crippen LogP contribution in [0.5, 0.6) is 0 Å². The minimum absolute atomic E-state index is 0.194. The molecule has 1 atom stereocenters. The first kappa shape index (κ1) is 26.1. The molecule has 0 aliphatic carbocycles. The minimum atomic E-state index is -7.82. The zero-order valence-electron chi connectivity index (χ0n) is 14.0. The van der Waals surface area contributed by atoms with E-state index in [4.69, 9.17) is 0 Å². The van der Waals surface area contributed by atoms with Gasteiger partial charge in [-0.1, -0.05) is 39.5 Å². The molecule has 13 heteroatoms. The van der Waals surface area contributed by atoms with Crippen molar-refractivity contribution in [2.24, 2.45) is 5.92 Å². The van der Waals surface area contributed by atoms with Gasteiger partial charge in [-0.3, -0.25) is 0 Å². The highest BCUT2D eigenvalue weighted by Crippen LogP contribution is 2.61. The van der Waals surface area contributed by atoms with Crippen LogP contribution in [0.15, 0.2) is 0 Å². The van der Waals surface area contributed by atoms with Crippen molar-refractivity contribution in [2.75, 3.05) is 0 Å². The molecule has 0 heterocycles. The lowest BCUT2D eigenvalue weighted by atomic mass is 9.88. The predicted octanol–water partition coefficient (Wildman–Crippen LogP) is 7.33. The fraction of sp³-hybridized carbons (Fsp3) is 1.00. The van der Waals surface area contributed by atoms with Gasteiger partial charge in [0.05, 0.1) is 0 Å². The Labute approximate surface area is 146 Å². The molecule has 164 valence electrons. The molecule has 0 saturated heterocycles. The van der Waals surface area contributed by atoms with Crippen LogP contribution in [0.3, 0.4) is 0 Å². The maximum absolute atomic E-state index is 13.6. The van der Waals surface area contributed by atoms with E-state index in [1.807, 2.05) is 0 Å². The summed E-state index contributed by atoms with van der Waals surface area (Å²) in [6.07, 6.45) is -8.43. The van der Waals surface area contributed by atoms with Crippen molar-refractivity contribution in [1.29, 1.82) is 0 Å². The summed E-state index contributed by atoms with van der Waals surface area (Å²) in [5, 5.41) is 0. The van der Waals surface area contributed by atoms with Gasteiger partial charge in [0.25, 0.3) is 0 Å². The van der Waals surface area contributed by atoms with E-state index in [1.54, 1.807) is 6.92 Å². The Kier molecular flexibility index (Phi) is 7.58. The van der Waals surface area contributed by atoms with E-state index in [0.717, 1.165) is 6.92 Å². The first-order chi connectivity index (χ1) is 11.7. The largest absolute Gasteiger partial charge is 0.460 e. The lowest BCUT2D eigenvalue weighted by Crippen LogP contribution is -2.70. The van der Waals surface area contributed by atoms with E-state index in [2.05, 4.69) is 0 Å². The number of hydrogen-bond donors (Lipinski definition) is 0. The van der Waals surface area contributed by atoms with Gasteiger partial charge in [-0.05, 0) is 5.92 Å². The van der Waals surface area contributed by atoms with Gasteiger partial charge in [0.15, 0.2) is 0 Å². The summed E-state index contributed by atoms with van der Waals surface area (Å²) in [4.78, 5) is 0. The van der Waals surface area contributed by atoms with E-state index in [0.29, 0.717) is 12.8 Å². The molecule has 0 aliphatic heterocycles. The Balaban J connectivity index is 5.80. The Hall–Kier alpha value is -0.910. The third kappa shape index (κ3) is 4.57. The van der Waals surface area contributed by atoms with Gasteiger partial charge in [0, 0.05) is 6.42 Å². The van der Waals surface area contributed by atoms with Gasteiger partial charge < -0.3 is 0 Å². The number of unbranched alkanes of at least 4 members (excludes halogenated alkanes) is 2. The van der Waals surface area contributed by atoms with E-state index in [9.17, 15) is 57.1 Å². The zero-order valence-corrected chi connectivity index (χ0v) is 14.0. The molecule has 0 spiro atoms. The third-order valence-electron chi connectivity index (χ3n) is 3.90. The van der Waals surface area contributed by atoms with Gasteiger partial charge >= 0.3 is 35.8 Å². The Morgan fingerprint density at radius 3 is 1.37 bits per heavy atom. The molecular weight excluding hydrogens is 415 g/mol. The molecule has 0 bridgehead atoms. The highest BCUT2D eigenvalue weighted by atomic mass is 19.4. The van der Waals surface area contributed by atoms with Crippen molar-refractivity contribution >= 4 is 0 Å². The predicted molar refractivity (Wildman–Crippen MR) is 68.7 cm³/mol. The van der Waals surface area contributed by atoms with E-state index >= 15 is 0 Å². The highest BCUT2D eigenvalue weighted by Gasteiger charge is 2.90. The molecule has 0 aromatic rings. The highest BCUT2D eigenvalue weighted by molar-refractivity contribution is 5.10. The first-order valence-corrected chi connectivity index (χ1v) is 7.66. The molecule has 0 fully saturated rings. The summed E-state index contributed by atoms with van der Waals surface area (Å²) in [6, 6.07) is 0. The van der Waals surface area contributed by atoms with Crippen molar-refractivity contribution < 1.29 is 57.1 Å². The molecule has 0 radical (unpaired) electrons. The number of halogens is 13. The van der Waals surface area contributed by atoms with Crippen LogP contribution in [0.2, 0.25) is 0 Å². The molecule has 0 aromatic carbocycles. The maximum Gasteiger partial charge on any atom is 0.460 e. The second-order valence-electron chi connectivity index (χ2n) is 6.30. The third-order valence-corrected chi connectivity index (χ3v) is 3.90. The standard InChI is InChI=1S/C14H17F13/c1-3-4-5-6-8(2)7-9(15,16)10(17,18)11(19,20)12(21,22)13(23,24)14(25,26)27/h8H,3-7H2,1-2H3. The smallest absolute Gasteiger partial charge is 0.200 e. The zero-order chi connectivity index (χ0) is 22.1. The average molecular weight is 432 g/mol. The molecule has 0 rings (SSSR count). The topological polar surface area (TPSA) is 0 Å². The summed E-state index contributed by atoms with van der Waals surface area (Å²) in [7, 11) is 0. The van der Waals surface area contributed by atoms with Crippen LogP contribution >= 0.6 is 0 Å². The van der Waals surface area contributed by atoms with Crippen LogP contribution in [-0.4, -0.2) is 35.8 Å². The second-order valence-corrected chi connectivity index (χ2v) is 6.30. The second kappa shape index (κ2) is 7.84. The summed E-state index contributed by atoms with van der Waals surface area (Å²) < 4.78 is 168. The fourth-order valence-corrected chi connectivity index (χ4v) is 2.21. The van der Waals surface area contributed by atoms with Gasteiger partial charge in [-0.25, -0.2) is 0 Å². The molecule has 0 aromatic heterocycles. The fourth-order valence-electron chi connectivity index (χ4n) is 2.21. The normalized spacial score (nSPS) is 16.6. The maximum atomic E-state index is 13.6. The van der Waals surface area contributed by atoms with E-state index in [1.165, 1.54) is 0 Å². The minimum Gasteiger partial charge on any atom is -0.200 e. The SMILES string of the molecule is CCCCCC(C)CC(F)(F)C(F)(F)C(F)(F)C(F)(F)C(F)(F)C(F)(F)F. The molecule has 0 amide bonds. The lowest BCUT2D eigenvalue weighted by molar-refractivity contribution is -0.440. The van der Waals surface area contributed by atoms with Crippen LogP contribution < -0.4 is 0 Å². The van der Waals surface area contributed by atoms with Gasteiger partial charge in [0.2, 0.25) is 0 Å². The molecule has 27 heavy (non-hydrogen) atoms. The molecule has 0 aliphatic rings. The number of hydrogen-bond acceptors (Lipinski definition) is 0. The van der Waals surface area contributed by atoms with Crippen molar-refractivity contribution in [3.8, 4) is 0 Å². The van der Waals surface area contributed by atoms with Crippen molar-refractivity contribution in [3.05, 3.63) is 0 Å². The summed E-state index contributed by atoms with van der Waals surface area (Å²) >= 11 is 0. The van der Waals surface area contributed by atoms with Crippen LogP contribution in [0, 0.1) is 5.92 Å². The Morgan fingerprint density at radius 2 is 1.00 bits per heavy atom. The van der Waals surface area contributed by atoms with Crippen LogP contribution in [-0.2, 0) is 0 Å². The van der Waals surface area contributed by atoms with Crippen molar-refractivity contribution in [2.45, 2.75) is 81.7 Å². The Morgan fingerprint density at radius 1 is 0.593 bits per heavy atom. The van der Waals surface area contributed by atoms with E-state index in [-0.39, 0.29) is 12.8 Å².